The third-order valence-corrected chi connectivity index (χ3v) is 6.65. The molecule has 3 rings (SSSR count). The van der Waals surface area contributed by atoms with Crippen LogP contribution in [0, 0.1) is 22.5 Å². The fraction of sp³-hybridized carbons (Fsp3) is 0.647. The summed E-state index contributed by atoms with van der Waals surface area (Å²) in [4.78, 5) is 12.4. The van der Waals surface area contributed by atoms with Crippen LogP contribution in [0.15, 0.2) is 0 Å². The van der Waals surface area contributed by atoms with E-state index in [2.05, 4.69) is 53.1 Å². The van der Waals surface area contributed by atoms with Gasteiger partial charge in [-0.1, -0.05) is 20.8 Å². The second kappa shape index (κ2) is 5.55. The van der Waals surface area contributed by atoms with Gasteiger partial charge in [-0.05, 0) is 45.3 Å². The number of nitrogens with zero attached hydrogens (tertiary/aromatic N) is 2. The minimum Gasteiger partial charge on any atom is -0.299 e. The molecule has 1 unspecified atom stereocenters. The van der Waals surface area contributed by atoms with Gasteiger partial charge in [0, 0.05) is 51.1 Å². The molecule has 1 heterocycles. The average Bonchev–Trinajstić information content (AvgIpc) is 2.79. The molecule has 1 aromatic heterocycles. The van der Waals surface area contributed by atoms with Crippen molar-refractivity contribution in [2.24, 2.45) is 18.4 Å². The van der Waals surface area contributed by atoms with Crippen molar-refractivity contribution >= 4 is 35.9 Å². The predicted octanol–water partition coefficient (Wildman–Crippen LogP) is 4.02. The number of Topliss-reactive ketones (excluding diaryl/α,β-unsaturated/α-hetero) is 1. The highest BCUT2D eigenvalue weighted by Crippen LogP contribution is 2.55. The Balaban J connectivity index is 2.13. The zero-order chi connectivity index (χ0) is 16.1. The third-order valence-electron chi connectivity index (χ3n) is 5.81. The fourth-order valence-electron chi connectivity index (χ4n) is 4.60. The van der Waals surface area contributed by atoms with Gasteiger partial charge in [0.05, 0.1) is 5.69 Å². The Morgan fingerprint density at radius 3 is 2.77 bits per heavy atom. The summed E-state index contributed by atoms with van der Waals surface area (Å²) in [6, 6.07) is 0. The van der Waals surface area contributed by atoms with E-state index in [4.69, 9.17) is 5.10 Å². The monoisotopic (exact) mass is 428 g/mol. The lowest BCUT2D eigenvalue weighted by atomic mass is 9.51. The molecule has 2 aliphatic carbocycles. The van der Waals surface area contributed by atoms with Crippen LogP contribution in [-0.2, 0) is 23.7 Å². The first-order chi connectivity index (χ1) is 10.3. The molecule has 3 nitrogen and oxygen atoms in total. The van der Waals surface area contributed by atoms with Crippen LogP contribution in [-0.4, -0.2) is 15.6 Å². The van der Waals surface area contributed by atoms with Gasteiger partial charge in [-0.3, -0.25) is 9.48 Å². The summed E-state index contributed by atoms with van der Waals surface area (Å²) in [6.07, 6.45) is 3.62. The van der Waals surface area contributed by atoms with Crippen molar-refractivity contribution in [2.75, 3.05) is 0 Å². The number of fused-ring (bicyclic) bond motifs is 3. The minimum absolute atomic E-state index is 0.000150. The topological polar surface area (TPSA) is 34.9 Å². The summed E-state index contributed by atoms with van der Waals surface area (Å²) in [5.41, 5.74) is 3.30. The van der Waals surface area contributed by atoms with Crippen LogP contribution >= 0.6 is 30.1 Å². The summed E-state index contributed by atoms with van der Waals surface area (Å²) in [5, 5.41) is 7.93. The number of hydrogen-bond acceptors (Lipinski definition) is 3. The van der Waals surface area contributed by atoms with E-state index in [1.165, 1.54) is 20.2 Å². The van der Waals surface area contributed by atoms with E-state index in [-0.39, 0.29) is 10.8 Å². The normalized spacial score (nSPS) is 29.3. The summed E-state index contributed by atoms with van der Waals surface area (Å²) < 4.78 is 1.93. The van der Waals surface area contributed by atoms with Crippen molar-refractivity contribution in [1.29, 1.82) is 0 Å². The van der Waals surface area contributed by atoms with E-state index in [0.29, 0.717) is 18.1 Å². The maximum Gasteiger partial charge on any atom is 0.138 e. The van der Waals surface area contributed by atoms with Crippen LogP contribution in [0.1, 0.15) is 57.0 Å². The number of ketones is 1. The SMILES string of the molecule is Cn1nc2c(c1C#CSI)CCC1C(C)(C)C(=O)CC[C@]21C. The molecule has 118 valence electrons. The van der Waals surface area contributed by atoms with Crippen molar-refractivity contribution in [3.63, 3.8) is 0 Å². The first kappa shape index (κ1) is 16.4. The van der Waals surface area contributed by atoms with Gasteiger partial charge in [0.25, 0.3) is 0 Å². The maximum atomic E-state index is 12.4. The highest BCUT2D eigenvalue weighted by atomic mass is 127. The van der Waals surface area contributed by atoms with E-state index in [1.54, 1.807) is 0 Å². The molecular formula is C17H21IN2OS. The molecule has 22 heavy (non-hydrogen) atoms. The summed E-state index contributed by atoms with van der Waals surface area (Å²) >= 11 is 2.20. The highest BCUT2D eigenvalue weighted by molar-refractivity contribution is 14.2. The van der Waals surface area contributed by atoms with E-state index < -0.39 is 0 Å². The smallest absolute Gasteiger partial charge is 0.138 e. The molecule has 0 aromatic carbocycles. The van der Waals surface area contributed by atoms with Gasteiger partial charge in [0.15, 0.2) is 0 Å². The van der Waals surface area contributed by atoms with Gasteiger partial charge in [-0.15, -0.1) is 0 Å². The number of hydrogen-bond donors (Lipinski definition) is 0. The molecular weight excluding hydrogens is 407 g/mol. The fourth-order valence-corrected chi connectivity index (χ4v) is 5.06. The Morgan fingerprint density at radius 1 is 1.36 bits per heavy atom. The van der Waals surface area contributed by atoms with Gasteiger partial charge in [-0.25, -0.2) is 0 Å². The Bertz CT molecular complexity index is 697. The molecule has 0 saturated heterocycles. The molecule has 1 fully saturated rings. The van der Waals surface area contributed by atoms with E-state index in [0.717, 1.165) is 25.0 Å². The molecule has 2 aliphatic rings. The molecule has 0 bridgehead atoms. The molecule has 0 amide bonds. The van der Waals surface area contributed by atoms with E-state index >= 15 is 0 Å². The summed E-state index contributed by atoms with van der Waals surface area (Å²) in [6.45, 7) is 6.55. The molecule has 0 radical (unpaired) electrons. The number of rotatable bonds is 0. The zero-order valence-corrected chi connectivity index (χ0v) is 16.5. The van der Waals surface area contributed by atoms with E-state index in [9.17, 15) is 4.79 Å². The Morgan fingerprint density at radius 2 is 2.09 bits per heavy atom. The molecule has 0 aliphatic heterocycles. The standard InChI is InChI=1S/C17H21IN2OS/c1-16(2)13-6-5-11-12(8-10-22-18)20(4)19-15(11)17(13,3)9-7-14(16)21/h13H,5-7,9H2,1-4H3/t13?,17-/m0/s1. The van der Waals surface area contributed by atoms with Crippen LogP contribution < -0.4 is 0 Å². The van der Waals surface area contributed by atoms with Crippen LogP contribution in [0.3, 0.4) is 0 Å². The Labute approximate surface area is 148 Å². The van der Waals surface area contributed by atoms with E-state index in [1.807, 2.05) is 11.7 Å². The Hall–Kier alpha value is -0.480. The van der Waals surface area contributed by atoms with Crippen molar-refractivity contribution in [1.82, 2.24) is 9.78 Å². The second-order valence-corrected chi connectivity index (χ2v) is 8.94. The largest absolute Gasteiger partial charge is 0.299 e. The predicted molar refractivity (Wildman–Crippen MR) is 98.9 cm³/mol. The third kappa shape index (κ3) is 2.25. The summed E-state index contributed by atoms with van der Waals surface area (Å²) in [7, 11) is 3.49. The number of halogens is 1. The molecule has 1 aromatic rings. The van der Waals surface area contributed by atoms with Crippen molar-refractivity contribution in [3.8, 4) is 11.2 Å². The Kier molecular flexibility index (Phi) is 4.14. The number of aromatic nitrogens is 2. The van der Waals surface area contributed by atoms with Gasteiger partial charge in [-0.2, -0.15) is 5.10 Å². The zero-order valence-electron chi connectivity index (χ0n) is 13.5. The minimum atomic E-state index is -0.244. The molecule has 2 atom stereocenters. The molecule has 1 saturated carbocycles. The van der Waals surface area contributed by atoms with Gasteiger partial charge in [0.2, 0.25) is 0 Å². The van der Waals surface area contributed by atoms with Gasteiger partial charge < -0.3 is 0 Å². The van der Waals surface area contributed by atoms with Crippen LogP contribution in [0.4, 0.5) is 0 Å². The number of carbonyl (C=O) groups excluding carboxylic acids is 1. The van der Waals surface area contributed by atoms with Crippen LogP contribution in [0.5, 0.6) is 0 Å². The van der Waals surface area contributed by atoms with Crippen LogP contribution in [0.25, 0.3) is 0 Å². The van der Waals surface area contributed by atoms with Crippen molar-refractivity contribution in [3.05, 3.63) is 17.0 Å². The molecule has 5 heteroatoms. The van der Waals surface area contributed by atoms with Crippen molar-refractivity contribution < 1.29 is 4.79 Å². The summed E-state index contributed by atoms with van der Waals surface area (Å²) in [5.74, 6) is 4.04. The highest BCUT2D eigenvalue weighted by Gasteiger charge is 2.55. The lowest BCUT2D eigenvalue weighted by molar-refractivity contribution is -0.137. The number of carbonyl (C=O) groups is 1. The van der Waals surface area contributed by atoms with Crippen molar-refractivity contribution in [2.45, 2.75) is 51.9 Å². The molecule has 0 N–H and O–H groups in total. The number of aryl methyl sites for hydroxylation is 1. The average molecular weight is 428 g/mol. The first-order valence-corrected chi connectivity index (χ1v) is 11.1. The maximum absolute atomic E-state index is 12.4. The van der Waals surface area contributed by atoms with Gasteiger partial charge >= 0.3 is 0 Å². The molecule has 0 spiro atoms. The second-order valence-electron chi connectivity index (χ2n) is 7.26. The lowest BCUT2D eigenvalue weighted by Crippen LogP contribution is -2.52. The first-order valence-electron chi connectivity index (χ1n) is 7.70. The van der Waals surface area contributed by atoms with Gasteiger partial charge in [0.1, 0.15) is 11.5 Å². The quantitative estimate of drug-likeness (QED) is 0.463. The van der Waals surface area contributed by atoms with Crippen LogP contribution in [0.2, 0.25) is 0 Å². The lowest BCUT2D eigenvalue weighted by Gasteiger charge is -2.51.